The number of carboxylic acid groups (broad SMARTS) is 1. The number of aromatic carboxylic acids is 1. The summed E-state index contributed by atoms with van der Waals surface area (Å²) in [5, 5.41) is 11.4. The van der Waals surface area contributed by atoms with Crippen LogP contribution < -0.4 is 5.32 Å². The fraction of sp³-hybridized carbons (Fsp3) is 0. The first kappa shape index (κ1) is 15.7. The number of rotatable bonds is 3. The van der Waals surface area contributed by atoms with Crippen LogP contribution in [0.5, 0.6) is 0 Å². The van der Waals surface area contributed by atoms with Crippen molar-refractivity contribution in [1.82, 2.24) is 0 Å². The molecule has 0 atom stereocenters. The number of hydrogen-bond acceptors (Lipinski definition) is 2. The molecule has 108 valence electrons. The lowest BCUT2D eigenvalue weighted by Crippen LogP contribution is -2.14. The lowest BCUT2D eigenvalue weighted by Gasteiger charge is -2.09. The summed E-state index contributed by atoms with van der Waals surface area (Å²) in [6.45, 7) is 0. The van der Waals surface area contributed by atoms with Crippen LogP contribution in [0, 0.1) is 5.82 Å². The summed E-state index contributed by atoms with van der Waals surface area (Å²) >= 11 is 6.34. The maximum Gasteiger partial charge on any atom is 0.335 e. The van der Waals surface area contributed by atoms with E-state index in [1.807, 2.05) is 0 Å². The molecule has 0 spiro atoms. The zero-order valence-electron chi connectivity index (χ0n) is 10.4. The Morgan fingerprint density at radius 1 is 1.10 bits per heavy atom. The van der Waals surface area contributed by atoms with Gasteiger partial charge in [-0.3, -0.25) is 4.79 Å². The fourth-order valence-electron chi connectivity index (χ4n) is 1.61. The van der Waals surface area contributed by atoms with Gasteiger partial charge in [0.2, 0.25) is 0 Å². The summed E-state index contributed by atoms with van der Waals surface area (Å²) in [6, 6.07) is 8.17. The Labute approximate surface area is 136 Å². The molecule has 2 aromatic carbocycles. The molecule has 0 bridgehead atoms. The second kappa shape index (κ2) is 6.36. The van der Waals surface area contributed by atoms with Gasteiger partial charge in [0.05, 0.1) is 16.8 Å². The minimum atomic E-state index is -1.08. The number of carbonyl (C=O) groups is 2. The van der Waals surface area contributed by atoms with Crippen LogP contribution in [-0.2, 0) is 0 Å². The first-order valence-corrected chi connectivity index (χ1v) is 7.26. The van der Waals surface area contributed by atoms with E-state index < -0.39 is 17.7 Å². The molecule has 0 saturated carbocycles. The smallest absolute Gasteiger partial charge is 0.335 e. The van der Waals surface area contributed by atoms with Gasteiger partial charge in [-0.05, 0) is 52.3 Å². The van der Waals surface area contributed by atoms with Crippen molar-refractivity contribution in [3.8, 4) is 0 Å². The highest BCUT2D eigenvalue weighted by atomic mass is 79.9. The average Bonchev–Trinajstić information content (AvgIpc) is 2.43. The molecule has 0 aliphatic carbocycles. The van der Waals surface area contributed by atoms with E-state index in [0.717, 1.165) is 0 Å². The molecule has 2 aromatic rings. The molecule has 21 heavy (non-hydrogen) atoms. The molecule has 4 nitrogen and oxygen atoms in total. The molecular formula is C14H8Br2FNO3. The van der Waals surface area contributed by atoms with Gasteiger partial charge in [0, 0.05) is 8.95 Å². The van der Waals surface area contributed by atoms with E-state index in [2.05, 4.69) is 37.2 Å². The Balaban J connectivity index is 2.27. The van der Waals surface area contributed by atoms with Crippen LogP contribution in [0.4, 0.5) is 10.1 Å². The predicted molar refractivity (Wildman–Crippen MR) is 83.2 cm³/mol. The van der Waals surface area contributed by atoms with Crippen LogP contribution in [0.1, 0.15) is 20.7 Å². The third-order valence-corrected chi connectivity index (χ3v) is 3.79. The first-order chi connectivity index (χ1) is 9.88. The van der Waals surface area contributed by atoms with E-state index in [-0.39, 0.29) is 11.1 Å². The molecular weight excluding hydrogens is 409 g/mol. The van der Waals surface area contributed by atoms with Crippen LogP contribution in [0.2, 0.25) is 0 Å². The van der Waals surface area contributed by atoms with Crippen LogP contribution in [0.15, 0.2) is 45.3 Å². The third-order valence-electron chi connectivity index (χ3n) is 2.64. The Morgan fingerprint density at radius 3 is 2.43 bits per heavy atom. The SMILES string of the molecule is O=C(O)c1ccc(NC(=O)c2cc(Br)ccc2F)c(Br)c1. The topological polar surface area (TPSA) is 66.4 Å². The molecule has 0 unspecified atom stereocenters. The fourth-order valence-corrected chi connectivity index (χ4v) is 2.45. The Kier molecular flexibility index (Phi) is 4.74. The summed E-state index contributed by atoms with van der Waals surface area (Å²) in [7, 11) is 0. The summed E-state index contributed by atoms with van der Waals surface area (Å²) in [6.07, 6.45) is 0. The highest BCUT2D eigenvalue weighted by Gasteiger charge is 2.14. The molecule has 0 saturated heterocycles. The number of nitrogens with one attached hydrogen (secondary N) is 1. The molecule has 0 fully saturated rings. The molecule has 0 aromatic heterocycles. The van der Waals surface area contributed by atoms with Crippen LogP contribution in [0.25, 0.3) is 0 Å². The van der Waals surface area contributed by atoms with E-state index in [4.69, 9.17) is 5.11 Å². The highest BCUT2D eigenvalue weighted by Crippen LogP contribution is 2.25. The molecule has 2 N–H and O–H groups in total. The van der Waals surface area contributed by atoms with E-state index in [9.17, 15) is 14.0 Å². The minimum absolute atomic E-state index is 0.0773. The van der Waals surface area contributed by atoms with Gasteiger partial charge >= 0.3 is 5.97 Å². The molecule has 1 amide bonds. The van der Waals surface area contributed by atoms with Crippen molar-refractivity contribution in [3.05, 3.63) is 62.3 Å². The number of anilines is 1. The first-order valence-electron chi connectivity index (χ1n) is 5.67. The Morgan fingerprint density at radius 2 is 1.81 bits per heavy atom. The Bertz CT molecular complexity index is 734. The van der Waals surface area contributed by atoms with Crippen LogP contribution in [0.3, 0.4) is 0 Å². The summed E-state index contributed by atoms with van der Waals surface area (Å²) in [5.74, 6) is -2.35. The van der Waals surface area contributed by atoms with Gasteiger partial charge in [-0.25, -0.2) is 9.18 Å². The average molecular weight is 417 g/mol. The molecule has 0 aliphatic heterocycles. The van der Waals surface area contributed by atoms with Crippen molar-refractivity contribution in [3.63, 3.8) is 0 Å². The van der Waals surface area contributed by atoms with Gasteiger partial charge in [0.1, 0.15) is 5.82 Å². The number of halogens is 3. The second-order valence-electron chi connectivity index (χ2n) is 4.08. The minimum Gasteiger partial charge on any atom is -0.478 e. The van der Waals surface area contributed by atoms with Crippen molar-refractivity contribution in [2.24, 2.45) is 0 Å². The molecule has 0 heterocycles. The lowest BCUT2D eigenvalue weighted by molar-refractivity contribution is 0.0696. The van der Waals surface area contributed by atoms with Gasteiger partial charge in [-0.1, -0.05) is 15.9 Å². The van der Waals surface area contributed by atoms with Gasteiger partial charge in [-0.15, -0.1) is 0 Å². The number of hydrogen-bond donors (Lipinski definition) is 2. The molecule has 0 radical (unpaired) electrons. The van der Waals surface area contributed by atoms with Gasteiger partial charge in [-0.2, -0.15) is 0 Å². The van der Waals surface area contributed by atoms with Crippen molar-refractivity contribution in [2.75, 3.05) is 5.32 Å². The van der Waals surface area contributed by atoms with Crippen LogP contribution in [-0.4, -0.2) is 17.0 Å². The Hall–Kier alpha value is -1.73. The maximum atomic E-state index is 13.6. The van der Waals surface area contributed by atoms with Crippen molar-refractivity contribution in [1.29, 1.82) is 0 Å². The largest absolute Gasteiger partial charge is 0.478 e. The van der Waals surface area contributed by atoms with Crippen molar-refractivity contribution < 1.29 is 19.1 Å². The number of carboxylic acids is 1. The second-order valence-corrected chi connectivity index (χ2v) is 5.85. The quantitative estimate of drug-likeness (QED) is 0.783. The highest BCUT2D eigenvalue weighted by molar-refractivity contribution is 9.10. The van der Waals surface area contributed by atoms with Gasteiger partial charge in [0.15, 0.2) is 0 Å². The number of carbonyl (C=O) groups excluding carboxylic acids is 1. The number of amides is 1. The van der Waals surface area contributed by atoms with E-state index >= 15 is 0 Å². The summed E-state index contributed by atoms with van der Waals surface area (Å²) < 4.78 is 14.6. The zero-order chi connectivity index (χ0) is 15.6. The van der Waals surface area contributed by atoms with E-state index in [1.165, 1.54) is 36.4 Å². The normalized spacial score (nSPS) is 10.2. The predicted octanol–water partition coefficient (Wildman–Crippen LogP) is 4.30. The maximum absolute atomic E-state index is 13.6. The molecule has 2 rings (SSSR count). The molecule has 7 heteroatoms. The monoisotopic (exact) mass is 415 g/mol. The van der Waals surface area contributed by atoms with Gasteiger partial charge in [0.25, 0.3) is 5.91 Å². The van der Waals surface area contributed by atoms with Crippen molar-refractivity contribution >= 4 is 49.4 Å². The van der Waals surface area contributed by atoms with Crippen molar-refractivity contribution in [2.45, 2.75) is 0 Å². The summed E-state index contributed by atoms with van der Waals surface area (Å²) in [4.78, 5) is 22.9. The van der Waals surface area contributed by atoms with Gasteiger partial charge < -0.3 is 10.4 Å². The van der Waals surface area contributed by atoms with E-state index in [0.29, 0.717) is 14.6 Å². The lowest BCUT2D eigenvalue weighted by atomic mass is 10.1. The number of benzene rings is 2. The summed E-state index contributed by atoms with van der Waals surface area (Å²) in [5.41, 5.74) is 0.316. The third kappa shape index (κ3) is 3.68. The van der Waals surface area contributed by atoms with Crippen LogP contribution >= 0.6 is 31.9 Å². The molecule has 0 aliphatic rings. The standard InChI is InChI=1S/C14H8Br2FNO3/c15-8-2-3-11(17)9(6-8)13(19)18-12-4-1-7(14(20)21)5-10(12)16/h1-6H,(H,18,19)(H,20,21). The van der Waals surface area contributed by atoms with E-state index in [1.54, 1.807) is 0 Å². The zero-order valence-corrected chi connectivity index (χ0v) is 13.5.